The Bertz CT molecular complexity index is 504. The van der Waals surface area contributed by atoms with E-state index in [4.69, 9.17) is 0 Å². The quantitative estimate of drug-likeness (QED) is 0.647. The molecule has 2 rings (SSSR count). The Hall–Kier alpha value is -1.36. The molecule has 3 atom stereocenters. The summed E-state index contributed by atoms with van der Waals surface area (Å²) in [5, 5.41) is 7.18. The fraction of sp³-hybridized carbons (Fsp3) is 0.588. The van der Waals surface area contributed by atoms with Gasteiger partial charge < -0.3 is 10.6 Å². The van der Waals surface area contributed by atoms with Crippen molar-refractivity contribution in [3.8, 4) is 0 Å². The van der Waals surface area contributed by atoms with Crippen molar-refractivity contribution < 1.29 is 4.21 Å². The maximum atomic E-state index is 12.0. The molecule has 0 spiro atoms. The van der Waals surface area contributed by atoms with Gasteiger partial charge in [0, 0.05) is 41.4 Å². The summed E-state index contributed by atoms with van der Waals surface area (Å²) in [6.07, 6.45) is 4.34. The molecular weight excluding hydrogens is 294 g/mol. The lowest BCUT2D eigenvalue weighted by atomic mass is 9.95. The summed E-state index contributed by atoms with van der Waals surface area (Å²) in [6, 6.07) is 10.7. The highest BCUT2D eigenvalue weighted by atomic mass is 32.2. The molecule has 2 N–H and O–H groups in total. The second kappa shape index (κ2) is 8.93. The van der Waals surface area contributed by atoms with Crippen molar-refractivity contribution in [3.63, 3.8) is 0 Å². The third-order valence-corrected chi connectivity index (χ3v) is 5.89. The standard InChI is InChI=1S/C17H27N3OS/c1-3-22(21)16-11-7-10-15(12-16)20-17(18-2)19-13-14-8-5-4-6-9-14/h4-6,8-9,15-16H,3,7,10-13H2,1-2H3,(H2,18,19,20). The van der Waals surface area contributed by atoms with Crippen molar-refractivity contribution >= 4 is 16.8 Å². The highest BCUT2D eigenvalue weighted by Crippen LogP contribution is 2.22. The van der Waals surface area contributed by atoms with Crippen LogP contribution in [0.3, 0.4) is 0 Å². The van der Waals surface area contributed by atoms with Crippen LogP contribution in [0.2, 0.25) is 0 Å². The molecule has 0 aliphatic heterocycles. The topological polar surface area (TPSA) is 53.5 Å². The molecule has 4 nitrogen and oxygen atoms in total. The van der Waals surface area contributed by atoms with E-state index in [9.17, 15) is 4.21 Å². The average Bonchev–Trinajstić information content (AvgIpc) is 2.59. The lowest BCUT2D eigenvalue weighted by molar-refractivity contribution is 0.413. The van der Waals surface area contributed by atoms with Crippen LogP contribution in [-0.4, -0.2) is 34.3 Å². The Balaban J connectivity index is 1.83. The molecule has 0 bridgehead atoms. The summed E-state index contributed by atoms with van der Waals surface area (Å²) >= 11 is 0. The van der Waals surface area contributed by atoms with Gasteiger partial charge in [-0.15, -0.1) is 0 Å². The minimum Gasteiger partial charge on any atom is -0.354 e. The van der Waals surface area contributed by atoms with Gasteiger partial charge in [-0.1, -0.05) is 43.7 Å². The fourth-order valence-electron chi connectivity index (χ4n) is 2.92. The Morgan fingerprint density at radius 2 is 2.09 bits per heavy atom. The zero-order chi connectivity index (χ0) is 15.8. The van der Waals surface area contributed by atoms with Crippen molar-refractivity contribution in [2.45, 2.75) is 50.4 Å². The van der Waals surface area contributed by atoms with Gasteiger partial charge in [-0.2, -0.15) is 0 Å². The van der Waals surface area contributed by atoms with Gasteiger partial charge in [0.25, 0.3) is 0 Å². The minimum absolute atomic E-state index is 0.337. The van der Waals surface area contributed by atoms with E-state index in [0.29, 0.717) is 11.3 Å². The molecule has 0 aromatic heterocycles. The monoisotopic (exact) mass is 321 g/mol. The highest BCUT2D eigenvalue weighted by molar-refractivity contribution is 7.85. The first-order valence-corrected chi connectivity index (χ1v) is 9.49. The minimum atomic E-state index is -0.685. The van der Waals surface area contributed by atoms with Gasteiger partial charge in [0.2, 0.25) is 0 Å². The number of aliphatic imine (C=N–C) groups is 1. The van der Waals surface area contributed by atoms with Gasteiger partial charge in [-0.3, -0.25) is 9.20 Å². The Morgan fingerprint density at radius 1 is 1.32 bits per heavy atom. The van der Waals surface area contributed by atoms with E-state index in [1.807, 2.05) is 25.1 Å². The average molecular weight is 321 g/mol. The van der Waals surface area contributed by atoms with Crippen LogP contribution in [-0.2, 0) is 17.3 Å². The van der Waals surface area contributed by atoms with Gasteiger partial charge in [0.15, 0.2) is 5.96 Å². The number of hydrogen-bond acceptors (Lipinski definition) is 2. The molecule has 1 aliphatic carbocycles. The lowest BCUT2D eigenvalue weighted by Gasteiger charge is -2.30. The van der Waals surface area contributed by atoms with Crippen LogP contribution in [0, 0.1) is 0 Å². The van der Waals surface area contributed by atoms with Gasteiger partial charge in [0.05, 0.1) is 0 Å². The first-order valence-electron chi connectivity index (χ1n) is 8.11. The second-order valence-corrected chi connectivity index (χ2v) is 7.72. The highest BCUT2D eigenvalue weighted by Gasteiger charge is 2.25. The smallest absolute Gasteiger partial charge is 0.191 e. The zero-order valence-corrected chi connectivity index (χ0v) is 14.4. The van der Waals surface area contributed by atoms with Crippen molar-refractivity contribution in [2.24, 2.45) is 4.99 Å². The van der Waals surface area contributed by atoms with Crippen LogP contribution in [0.25, 0.3) is 0 Å². The molecule has 0 heterocycles. The molecule has 1 aliphatic rings. The predicted molar refractivity (Wildman–Crippen MR) is 94.5 cm³/mol. The van der Waals surface area contributed by atoms with Gasteiger partial charge in [0.1, 0.15) is 0 Å². The summed E-state index contributed by atoms with van der Waals surface area (Å²) in [7, 11) is 1.11. The van der Waals surface area contributed by atoms with E-state index in [-0.39, 0.29) is 0 Å². The first-order chi connectivity index (χ1) is 10.7. The molecule has 1 aromatic rings. The molecule has 122 valence electrons. The van der Waals surface area contributed by atoms with Crippen molar-refractivity contribution in [2.75, 3.05) is 12.8 Å². The summed E-state index contributed by atoms with van der Waals surface area (Å²) in [4.78, 5) is 4.31. The van der Waals surface area contributed by atoms with Crippen LogP contribution in [0.15, 0.2) is 35.3 Å². The molecule has 0 amide bonds. The molecule has 0 radical (unpaired) electrons. The Kier molecular flexibility index (Phi) is 6.90. The molecule has 1 saturated carbocycles. The van der Waals surface area contributed by atoms with Gasteiger partial charge >= 0.3 is 0 Å². The molecule has 22 heavy (non-hydrogen) atoms. The SMILES string of the molecule is CCS(=O)C1CCCC(NC(=NC)NCc2ccccc2)C1. The summed E-state index contributed by atoms with van der Waals surface area (Å²) in [5.41, 5.74) is 1.24. The van der Waals surface area contributed by atoms with Crippen molar-refractivity contribution in [3.05, 3.63) is 35.9 Å². The second-order valence-electron chi connectivity index (χ2n) is 5.71. The van der Waals surface area contributed by atoms with Crippen LogP contribution in [0.5, 0.6) is 0 Å². The number of guanidine groups is 1. The maximum absolute atomic E-state index is 12.0. The number of nitrogens with zero attached hydrogens (tertiary/aromatic N) is 1. The molecule has 0 saturated heterocycles. The van der Waals surface area contributed by atoms with Crippen molar-refractivity contribution in [1.29, 1.82) is 0 Å². The van der Waals surface area contributed by atoms with Crippen LogP contribution in [0.1, 0.15) is 38.2 Å². The molecule has 1 aromatic carbocycles. The molecular formula is C17H27N3OS. The Labute approximate surface area is 136 Å². The summed E-state index contributed by atoms with van der Waals surface area (Å²) in [6.45, 7) is 2.77. The predicted octanol–water partition coefficient (Wildman–Crippen LogP) is 2.43. The zero-order valence-electron chi connectivity index (χ0n) is 13.5. The fourth-order valence-corrected chi connectivity index (χ4v) is 4.27. The number of benzene rings is 1. The van der Waals surface area contributed by atoms with Gasteiger partial charge in [-0.25, -0.2) is 0 Å². The summed E-state index contributed by atoms with van der Waals surface area (Å²) < 4.78 is 12.0. The van der Waals surface area contributed by atoms with E-state index >= 15 is 0 Å². The van der Waals surface area contributed by atoms with Crippen LogP contribution >= 0.6 is 0 Å². The summed E-state index contributed by atoms with van der Waals surface area (Å²) in [5.74, 6) is 1.59. The molecule has 1 fully saturated rings. The first kappa shape index (κ1) is 17.0. The van der Waals surface area contributed by atoms with E-state index in [2.05, 4.69) is 27.8 Å². The third-order valence-electron chi connectivity index (χ3n) is 4.15. The number of hydrogen-bond donors (Lipinski definition) is 2. The Morgan fingerprint density at radius 3 is 2.77 bits per heavy atom. The molecule has 3 unspecified atom stereocenters. The van der Waals surface area contributed by atoms with Crippen LogP contribution in [0.4, 0.5) is 0 Å². The van der Waals surface area contributed by atoms with E-state index in [1.54, 1.807) is 7.05 Å². The maximum Gasteiger partial charge on any atom is 0.191 e. The number of rotatable bonds is 5. The van der Waals surface area contributed by atoms with E-state index in [0.717, 1.165) is 43.9 Å². The molecule has 5 heteroatoms. The largest absolute Gasteiger partial charge is 0.354 e. The normalized spacial score (nSPS) is 23.8. The third kappa shape index (κ3) is 5.13. The van der Waals surface area contributed by atoms with Gasteiger partial charge in [-0.05, 0) is 24.8 Å². The number of nitrogens with one attached hydrogen (secondary N) is 2. The van der Waals surface area contributed by atoms with Crippen molar-refractivity contribution in [1.82, 2.24) is 10.6 Å². The lowest BCUT2D eigenvalue weighted by Crippen LogP contribution is -2.46. The van der Waals surface area contributed by atoms with Crippen LogP contribution < -0.4 is 10.6 Å². The van der Waals surface area contributed by atoms with E-state index < -0.39 is 10.8 Å². The van der Waals surface area contributed by atoms with E-state index in [1.165, 1.54) is 5.56 Å².